The number of carbonyl (C=O) groups excluding carboxylic acids is 1. The van der Waals surface area contributed by atoms with Crippen molar-refractivity contribution in [3.8, 4) is 0 Å². The molecular formula is C13H23N5O. The van der Waals surface area contributed by atoms with Crippen molar-refractivity contribution in [1.82, 2.24) is 14.9 Å². The second-order valence-corrected chi connectivity index (χ2v) is 4.26. The van der Waals surface area contributed by atoms with Crippen LogP contribution >= 0.6 is 0 Å². The van der Waals surface area contributed by atoms with Gasteiger partial charge in [0.05, 0.1) is 6.54 Å². The molecule has 0 aliphatic heterocycles. The zero-order chi connectivity index (χ0) is 14.3. The molecule has 3 N–H and O–H groups in total. The molecule has 106 valence electrons. The Hall–Kier alpha value is -1.85. The van der Waals surface area contributed by atoms with Gasteiger partial charge in [-0.05, 0) is 20.3 Å². The van der Waals surface area contributed by atoms with Crippen LogP contribution in [0.3, 0.4) is 0 Å². The van der Waals surface area contributed by atoms with E-state index in [2.05, 4.69) is 22.2 Å². The van der Waals surface area contributed by atoms with Crippen LogP contribution in [-0.2, 0) is 11.2 Å². The van der Waals surface area contributed by atoms with E-state index in [1.54, 1.807) is 4.90 Å². The molecule has 0 saturated heterocycles. The highest BCUT2D eigenvalue weighted by Gasteiger charge is 2.12. The molecule has 0 fully saturated rings. The molecule has 0 spiro atoms. The van der Waals surface area contributed by atoms with Gasteiger partial charge in [-0.15, -0.1) is 0 Å². The van der Waals surface area contributed by atoms with Gasteiger partial charge in [-0.3, -0.25) is 4.79 Å². The van der Waals surface area contributed by atoms with Crippen LogP contribution < -0.4 is 11.1 Å². The second-order valence-electron chi connectivity index (χ2n) is 4.26. The van der Waals surface area contributed by atoms with Gasteiger partial charge in [0.2, 0.25) is 5.91 Å². The van der Waals surface area contributed by atoms with Gasteiger partial charge in [0.25, 0.3) is 0 Å². The van der Waals surface area contributed by atoms with Gasteiger partial charge in [0.1, 0.15) is 18.0 Å². The summed E-state index contributed by atoms with van der Waals surface area (Å²) >= 11 is 0. The van der Waals surface area contributed by atoms with Crippen molar-refractivity contribution in [2.24, 2.45) is 0 Å². The first-order valence-corrected chi connectivity index (χ1v) is 6.74. The van der Waals surface area contributed by atoms with Crippen LogP contribution in [0, 0.1) is 0 Å². The Morgan fingerprint density at radius 3 is 2.58 bits per heavy atom. The number of carbonyl (C=O) groups is 1. The largest absolute Gasteiger partial charge is 0.383 e. The average Bonchev–Trinajstić information content (AvgIpc) is 2.41. The van der Waals surface area contributed by atoms with Gasteiger partial charge >= 0.3 is 0 Å². The van der Waals surface area contributed by atoms with Gasteiger partial charge in [0.15, 0.2) is 0 Å². The number of nitrogens with one attached hydrogen (secondary N) is 1. The smallest absolute Gasteiger partial charge is 0.241 e. The number of hydrogen-bond acceptors (Lipinski definition) is 5. The Kier molecular flexibility index (Phi) is 6.05. The summed E-state index contributed by atoms with van der Waals surface area (Å²) in [7, 11) is 0. The number of nitrogens with two attached hydrogens (primary N) is 1. The summed E-state index contributed by atoms with van der Waals surface area (Å²) in [4.78, 5) is 21.8. The zero-order valence-electron chi connectivity index (χ0n) is 11.9. The van der Waals surface area contributed by atoms with Gasteiger partial charge in [-0.2, -0.15) is 0 Å². The van der Waals surface area contributed by atoms with Crippen molar-refractivity contribution in [2.45, 2.75) is 33.6 Å². The van der Waals surface area contributed by atoms with Crippen LogP contribution in [0.5, 0.6) is 0 Å². The predicted molar refractivity (Wildman–Crippen MR) is 76.9 cm³/mol. The fourth-order valence-corrected chi connectivity index (χ4v) is 1.92. The van der Waals surface area contributed by atoms with E-state index >= 15 is 0 Å². The van der Waals surface area contributed by atoms with E-state index in [-0.39, 0.29) is 12.5 Å². The molecule has 0 aromatic carbocycles. The lowest BCUT2D eigenvalue weighted by Crippen LogP contribution is -2.35. The van der Waals surface area contributed by atoms with E-state index in [4.69, 9.17) is 5.73 Å². The van der Waals surface area contributed by atoms with Crippen molar-refractivity contribution < 1.29 is 4.79 Å². The molecule has 1 aromatic heterocycles. The fourth-order valence-electron chi connectivity index (χ4n) is 1.92. The lowest BCUT2D eigenvalue weighted by atomic mass is 10.1. The molecule has 0 bridgehead atoms. The minimum Gasteiger partial charge on any atom is -0.383 e. The first-order chi connectivity index (χ1) is 9.13. The Balaban J connectivity index is 2.72. The summed E-state index contributed by atoms with van der Waals surface area (Å²) in [6, 6.07) is 0. The van der Waals surface area contributed by atoms with Crippen molar-refractivity contribution in [3.63, 3.8) is 0 Å². The van der Waals surface area contributed by atoms with Gasteiger partial charge in [0, 0.05) is 18.7 Å². The molecule has 6 nitrogen and oxygen atoms in total. The van der Waals surface area contributed by atoms with E-state index in [9.17, 15) is 4.79 Å². The monoisotopic (exact) mass is 265 g/mol. The van der Waals surface area contributed by atoms with Crippen LogP contribution in [0.15, 0.2) is 6.33 Å². The van der Waals surface area contributed by atoms with Crippen molar-refractivity contribution >= 4 is 17.5 Å². The number of hydrogen-bond donors (Lipinski definition) is 2. The van der Waals surface area contributed by atoms with Gasteiger partial charge in [-0.25, -0.2) is 9.97 Å². The Morgan fingerprint density at radius 1 is 1.32 bits per heavy atom. The summed E-state index contributed by atoms with van der Waals surface area (Å²) in [5, 5.41) is 3.07. The quantitative estimate of drug-likeness (QED) is 0.776. The lowest BCUT2D eigenvalue weighted by molar-refractivity contribution is -0.128. The molecule has 1 heterocycles. The molecule has 0 radical (unpaired) electrons. The molecule has 0 saturated carbocycles. The Morgan fingerprint density at radius 2 is 2.00 bits per heavy atom. The number of amides is 1. The van der Waals surface area contributed by atoms with Crippen LogP contribution in [0.25, 0.3) is 0 Å². The highest BCUT2D eigenvalue weighted by atomic mass is 16.2. The van der Waals surface area contributed by atoms with E-state index in [1.807, 2.05) is 13.8 Å². The third-order valence-corrected chi connectivity index (χ3v) is 3.00. The molecule has 1 aromatic rings. The van der Waals surface area contributed by atoms with Gasteiger partial charge in [-0.1, -0.05) is 13.3 Å². The standard InChI is InChI=1S/C13H23N5O/c1-4-7-10-12(14)16-9-17-13(10)15-8-11(19)18(5-2)6-3/h9H,4-8H2,1-3H3,(H3,14,15,16,17). The number of nitrogen functional groups attached to an aromatic ring is 1. The van der Waals surface area contributed by atoms with Crippen molar-refractivity contribution in [2.75, 3.05) is 30.7 Å². The SMILES string of the molecule is CCCc1c(N)ncnc1NCC(=O)N(CC)CC. The van der Waals surface area contributed by atoms with Crippen molar-refractivity contribution in [3.05, 3.63) is 11.9 Å². The van der Waals surface area contributed by atoms with Crippen LogP contribution in [0.1, 0.15) is 32.8 Å². The predicted octanol–water partition coefficient (Wildman–Crippen LogP) is 1.29. The second kappa shape index (κ2) is 7.56. The minimum absolute atomic E-state index is 0.0598. The summed E-state index contributed by atoms with van der Waals surface area (Å²) < 4.78 is 0. The summed E-state index contributed by atoms with van der Waals surface area (Å²) in [6.07, 6.45) is 3.17. The highest BCUT2D eigenvalue weighted by molar-refractivity contribution is 5.81. The van der Waals surface area contributed by atoms with Crippen LogP contribution in [0.2, 0.25) is 0 Å². The van der Waals surface area contributed by atoms with Crippen LogP contribution in [-0.4, -0.2) is 40.4 Å². The average molecular weight is 265 g/mol. The molecule has 19 heavy (non-hydrogen) atoms. The van der Waals surface area contributed by atoms with E-state index in [0.29, 0.717) is 24.7 Å². The summed E-state index contributed by atoms with van der Waals surface area (Å²) in [5.41, 5.74) is 6.73. The van der Waals surface area contributed by atoms with E-state index in [0.717, 1.165) is 18.4 Å². The molecule has 6 heteroatoms. The van der Waals surface area contributed by atoms with E-state index in [1.165, 1.54) is 6.33 Å². The molecule has 0 aliphatic rings. The van der Waals surface area contributed by atoms with Crippen LogP contribution in [0.4, 0.5) is 11.6 Å². The Bertz CT molecular complexity index is 417. The van der Waals surface area contributed by atoms with Crippen molar-refractivity contribution in [1.29, 1.82) is 0 Å². The Labute approximate surface area is 114 Å². The molecule has 1 amide bonds. The summed E-state index contributed by atoms with van der Waals surface area (Å²) in [6.45, 7) is 7.65. The van der Waals surface area contributed by atoms with Gasteiger partial charge < -0.3 is 16.0 Å². The summed E-state index contributed by atoms with van der Waals surface area (Å²) in [5.74, 6) is 1.20. The maximum Gasteiger partial charge on any atom is 0.241 e. The number of nitrogens with zero attached hydrogens (tertiary/aromatic N) is 3. The molecular weight excluding hydrogens is 242 g/mol. The normalized spacial score (nSPS) is 10.3. The first-order valence-electron chi connectivity index (χ1n) is 6.74. The van der Waals surface area contributed by atoms with E-state index < -0.39 is 0 Å². The third kappa shape index (κ3) is 4.08. The molecule has 1 rings (SSSR count). The molecule has 0 atom stereocenters. The number of anilines is 2. The first kappa shape index (κ1) is 15.2. The maximum atomic E-state index is 11.9. The molecule has 0 aliphatic carbocycles. The minimum atomic E-state index is 0.0598. The highest BCUT2D eigenvalue weighted by Crippen LogP contribution is 2.18. The zero-order valence-corrected chi connectivity index (χ0v) is 11.9. The molecule has 0 unspecified atom stereocenters. The third-order valence-electron chi connectivity index (χ3n) is 3.00. The maximum absolute atomic E-state index is 11.9. The number of aromatic nitrogens is 2. The fraction of sp³-hybridized carbons (Fsp3) is 0.615. The number of rotatable bonds is 7. The topological polar surface area (TPSA) is 84.1 Å². The lowest BCUT2D eigenvalue weighted by Gasteiger charge is -2.19. The number of likely N-dealkylation sites (N-methyl/N-ethyl adjacent to an activating group) is 1.